The summed E-state index contributed by atoms with van der Waals surface area (Å²) >= 11 is 9.64. The summed E-state index contributed by atoms with van der Waals surface area (Å²) in [4.78, 5) is 0.659. The average Bonchev–Trinajstić information content (AvgIpc) is 3.32. The topological polar surface area (TPSA) is 43.5 Å². The second-order valence-electron chi connectivity index (χ2n) is 8.93. The monoisotopic (exact) mass is 556 g/mol. The fourth-order valence-electron chi connectivity index (χ4n) is 5.04. The first kappa shape index (κ1) is 23.0. The molecule has 5 aromatic rings. The van der Waals surface area contributed by atoms with Gasteiger partial charge in [-0.1, -0.05) is 58.5 Å². The molecule has 0 bridgehead atoms. The molecule has 3 aromatic carbocycles. The maximum atomic E-state index is 6.05. The van der Waals surface area contributed by atoms with Crippen LogP contribution < -0.4 is 10.1 Å². The van der Waals surface area contributed by atoms with Crippen molar-refractivity contribution in [3.63, 3.8) is 0 Å². The van der Waals surface area contributed by atoms with Gasteiger partial charge >= 0.3 is 0 Å². The summed E-state index contributed by atoms with van der Waals surface area (Å²) in [5.74, 6) is 1.78. The van der Waals surface area contributed by atoms with E-state index in [-0.39, 0.29) is 0 Å². The number of hydrogen-bond donors (Lipinski definition) is 1. The van der Waals surface area contributed by atoms with Crippen molar-refractivity contribution >= 4 is 44.5 Å². The molecule has 36 heavy (non-hydrogen) atoms. The maximum Gasteiger partial charge on any atom is 0.162 e. The molecule has 180 valence electrons. The molecule has 1 aliphatic heterocycles. The van der Waals surface area contributed by atoms with E-state index in [1.807, 2.05) is 42.5 Å². The van der Waals surface area contributed by atoms with Gasteiger partial charge in [-0.2, -0.15) is 0 Å². The molecule has 0 saturated carbocycles. The molecule has 7 heteroatoms. The van der Waals surface area contributed by atoms with Gasteiger partial charge in [-0.15, -0.1) is 5.10 Å². The lowest BCUT2D eigenvalue weighted by Gasteiger charge is -2.12. The number of hydrogen-bond acceptors (Lipinski definition) is 3. The van der Waals surface area contributed by atoms with E-state index < -0.39 is 0 Å². The van der Waals surface area contributed by atoms with Crippen molar-refractivity contribution in [3.8, 4) is 28.3 Å². The fourth-order valence-corrected chi connectivity index (χ4v) is 5.61. The molecule has 1 N–H and O–H groups in total. The number of methoxy groups -OCH3 is 1. The first-order valence-corrected chi connectivity index (χ1v) is 13.2. The van der Waals surface area contributed by atoms with E-state index in [1.54, 1.807) is 7.11 Å². The van der Waals surface area contributed by atoms with Crippen molar-refractivity contribution in [2.75, 3.05) is 12.4 Å². The normalized spacial score (nSPS) is 12.9. The van der Waals surface area contributed by atoms with Crippen LogP contribution in [0.3, 0.4) is 0 Å². The molecule has 5 nitrogen and oxygen atoms in total. The number of aryl methyl sites for hydroxylation is 2. The van der Waals surface area contributed by atoms with Crippen LogP contribution >= 0.6 is 28.1 Å². The average molecular weight is 558 g/mol. The van der Waals surface area contributed by atoms with Crippen molar-refractivity contribution in [3.05, 3.63) is 94.6 Å². The molecular formula is C29H25BrN4OS. The Bertz CT molecular complexity index is 1550. The third-order valence-electron chi connectivity index (χ3n) is 6.71. The van der Waals surface area contributed by atoms with Crippen molar-refractivity contribution < 1.29 is 4.74 Å². The highest BCUT2D eigenvalue weighted by atomic mass is 79.9. The molecule has 0 unspecified atom stereocenters. The standard InChI is InChI=1S/C29H25BrN4OS/c1-35-23-16-12-20(13-17-23)27-32-34-26(28(36)31-22-7-3-2-4-8-22)25(19-10-14-21(30)15-11-19)24-9-5-6-18-33(27)29(24)34/h2-4,7-8,10-17H,5-6,9,18H2,1H3,(H,31,36). The molecule has 0 amide bonds. The van der Waals surface area contributed by atoms with Crippen LogP contribution in [0.15, 0.2) is 83.3 Å². The molecule has 3 heterocycles. The summed E-state index contributed by atoms with van der Waals surface area (Å²) in [6, 6.07) is 26.7. The molecule has 0 radical (unpaired) electrons. The summed E-state index contributed by atoms with van der Waals surface area (Å²) in [7, 11) is 1.69. The highest BCUT2D eigenvalue weighted by molar-refractivity contribution is 9.10. The zero-order valence-corrected chi connectivity index (χ0v) is 22.3. The fraction of sp³-hybridized carbons (Fsp3) is 0.172. The van der Waals surface area contributed by atoms with Gasteiger partial charge in [0, 0.05) is 33.4 Å². The molecule has 6 rings (SSSR count). The number of nitrogens with zero attached hydrogens (tertiary/aromatic N) is 3. The van der Waals surface area contributed by atoms with Crippen molar-refractivity contribution in [1.82, 2.24) is 14.2 Å². The first-order chi connectivity index (χ1) is 17.6. The van der Waals surface area contributed by atoms with Crippen LogP contribution in [0.1, 0.15) is 24.1 Å². The summed E-state index contributed by atoms with van der Waals surface area (Å²) < 4.78 is 10.9. The van der Waals surface area contributed by atoms with E-state index in [1.165, 1.54) is 5.56 Å². The minimum atomic E-state index is 0.659. The van der Waals surface area contributed by atoms with Crippen LogP contribution in [0.2, 0.25) is 0 Å². The zero-order valence-electron chi connectivity index (χ0n) is 19.9. The van der Waals surface area contributed by atoms with E-state index in [2.05, 4.69) is 66.7 Å². The van der Waals surface area contributed by atoms with Crippen LogP contribution in [0.4, 0.5) is 5.69 Å². The molecular weight excluding hydrogens is 532 g/mol. The minimum Gasteiger partial charge on any atom is -0.497 e. The smallest absolute Gasteiger partial charge is 0.162 e. The van der Waals surface area contributed by atoms with Crippen LogP contribution in [-0.2, 0) is 13.0 Å². The van der Waals surface area contributed by atoms with Gasteiger partial charge in [0.1, 0.15) is 22.1 Å². The predicted octanol–water partition coefficient (Wildman–Crippen LogP) is 7.36. The van der Waals surface area contributed by atoms with Gasteiger partial charge in [0.15, 0.2) is 5.82 Å². The summed E-state index contributed by atoms with van der Waals surface area (Å²) in [6.07, 6.45) is 3.20. The predicted molar refractivity (Wildman–Crippen MR) is 153 cm³/mol. The number of rotatable bonds is 5. The van der Waals surface area contributed by atoms with Crippen molar-refractivity contribution in [2.24, 2.45) is 0 Å². The molecule has 0 aliphatic carbocycles. The molecule has 1 aliphatic rings. The Morgan fingerprint density at radius 2 is 1.67 bits per heavy atom. The lowest BCUT2D eigenvalue weighted by Crippen LogP contribution is -2.14. The first-order valence-electron chi connectivity index (χ1n) is 12.0. The van der Waals surface area contributed by atoms with Gasteiger partial charge in [0.25, 0.3) is 0 Å². The van der Waals surface area contributed by atoms with Gasteiger partial charge in [-0.25, -0.2) is 4.52 Å². The zero-order chi connectivity index (χ0) is 24.6. The number of anilines is 1. The quantitative estimate of drug-likeness (QED) is 0.229. The Labute approximate surface area is 223 Å². The largest absolute Gasteiger partial charge is 0.497 e. The molecule has 2 aromatic heterocycles. The Hall–Kier alpha value is -3.42. The molecule has 0 saturated heterocycles. The van der Waals surface area contributed by atoms with E-state index >= 15 is 0 Å². The Morgan fingerprint density at radius 1 is 0.944 bits per heavy atom. The van der Waals surface area contributed by atoms with E-state index in [0.717, 1.165) is 75.6 Å². The van der Waals surface area contributed by atoms with Crippen LogP contribution in [-0.4, -0.2) is 26.3 Å². The lowest BCUT2D eigenvalue weighted by molar-refractivity contribution is 0.415. The summed E-state index contributed by atoms with van der Waals surface area (Å²) in [5.41, 5.74) is 7.68. The van der Waals surface area contributed by atoms with Crippen molar-refractivity contribution in [2.45, 2.75) is 25.8 Å². The number of thiocarbonyl (C=S) groups is 1. The van der Waals surface area contributed by atoms with Crippen molar-refractivity contribution in [1.29, 1.82) is 0 Å². The third kappa shape index (κ3) is 4.02. The number of benzene rings is 3. The van der Waals surface area contributed by atoms with E-state index in [9.17, 15) is 0 Å². The SMILES string of the molecule is COc1ccc(-c2nn3c(C(=S)Nc4ccccc4)c(-c4ccc(Br)cc4)c4c3n2CCCC4)cc1. The number of halogens is 1. The minimum absolute atomic E-state index is 0.659. The van der Waals surface area contributed by atoms with Crippen LogP contribution in [0.5, 0.6) is 5.75 Å². The number of aromatic nitrogens is 3. The highest BCUT2D eigenvalue weighted by Gasteiger charge is 2.29. The second-order valence-corrected chi connectivity index (χ2v) is 10.2. The van der Waals surface area contributed by atoms with Gasteiger partial charge in [0.2, 0.25) is 0 Å². The summed E-state index contributed by atoms with van der Waals surface area (Å²) in [5, 5.41) is 8.64. The number of nitrogens with one attached hydrogen (secondary N) is 1. The second kappa shape index (κ2) is 9.56. The highest BCUT2D eigenvalue weighted by Crippen LogP contribution is 2.39. The van der Waals surface area contributed by atoms with Gasteiger partial charge < -0.3 is 14.6 Å². The Morgan fingerprint density at radius 3 is 2.39 bits per heavy atom. The Kier molecular flexibility index (Phi) is 6.11. The number of para-hydroxylation sites is 1. The van der Waals surface area contributed by atoms with Crippen LogP contribution in [0.25, 0.3) is 28.2 Å². The van der Waals surface area contributed by atoms with E-state index in [4.69, 9.17) is 22.1 Å². The number of ether oxygens (including phenoxy) is 1. The maximum absolute atomic E-state index is 6.05. The van der Waals surface area contributed by atoms with E-state index in [0.29, 0.717) is 4.99 Å². The lowest BCUT2D eigenvalue weighted by atomic mass is 9.98. The van der Waals surface area contributed by atoms with Gasteiger partial charge in [-0.3, -0.25) is 0 Å². The van der Waals surface area contributed by atoms with Gasteiger partial charge in [-0.05, 0) is 73.4 Å². The third-order valence-corrected chi connectivity index (χ3v) is 7.54. The molecule has 0 spiro atoms. The van der Waals surface area contributed by atoms with Crippen LogP contribution in [0, 0.1) is 0 Å². The summed E-state index contributed by atoms with van der Waals surface area (Å²) in [6.45, 7) is 0.917. The Balaban J connectivity index is 1.60. The molecule has 0 atom stereocenters. The van der Waals surface area contributed by atoms with Gasteiger partial charge in [0.05, 0.1) is 7.11 Å². The molecule has 0 fully saturated rings.